The Balaban J connectivity index is 1.37. The molecule has 0 saturated carbocycles. The maximum Gasteiger partial charge on any atom is 0.337 e. The van der Waals surface area contributed by atoms with Gasteiger partial charge < -0.3 is 19.5 Å². The molecule has 1 N–H and O–H groups in total. The lowest BCUT2D eigenvalue weighted by molar-refractivity contribution is -0.133. The molecule has 1 aliphatic rings. The first kappa shape index (κ1) is 23.7. The molecular weight excluding hydrogens is 477 g/mol. The zero-order valence-corrected chi connectivity index (χ0v) is 19.6. The van der Waals surface area contributed by atoms with Crippen LogP contribution in [0.5, 0.6) is 5.75 Å². The first-order valence-electron chi connectivity index (χ1n) is 10.5. The van der Waals surface area contributed by atoms with Gasteiger partial charge in [0.15, 0.2) is 5.76 Å². The number of carbonyl (C=O) groups excluding carboxylic acids is 1. The van der Waals surface area contributed by atoms with Gasteiger partial charge in [0, 0.05) is 22.2 Å². The molecule has 6 nitrogen and oxygen atoms in total. The van der Waals surface area contributed by atoms with Crippen LogP contribution in [0.4, 0.5) is 0 Å². The van der Waals surface area contributed by atoms with E-state index < -0.39 is 11.9 Å². The van der Waals surface area contributed by atoms with Crippen LogP contribution in [0.2, 0.25) is 10.0 Å². The van der Waals surface area contributed by atoms with Crippen LogP contribution in [0.3, 0.4) is 0 Å². The maximum atomic E-state index is 12.8. The van der Waals surface area contributed by atoms with Gasteiger partial charge in [-0.25, -0.2) is 4.79 Å². The standard InChI is InChI=1S/C26H21Cl2NO5/c27-22-7-4-8-23(28)21(22)16-33-19-11-9-18(10-12-19)15-34-24-20(26(31)32)14-29(25(24)30)13-17-5-2-1-3-6-17/h1-12H,13-16H2,(H,31,32). The van der Waals surface area contributed by atoms with Crippen LogP contribution < -0.4 is 4.74 Å². The number of halogens is 2. The van der Waals surface area contributed by atoms with Gasteiger partial charge in [-0.1, -0.05) is 71.7 Å². The molecule has 0 radical (unpaired) electrons. The Kier molecular flexibility index (Phi) is 7.40. The Labute approximate surface area is 206 Å². The Morgan fingerprint density at radius 1 is 0.853 bits per heavy atom. The molecule has 34 heavy (non-hydrogen) atoms. The quantitative estimate of drug-likeness (QED) is 0.424. The number of nitrogens with zero attached hydrogens (tertiary/aromatic N) is 1. The van der Waals surface area contributed by atoms with E-state index in [-0.39, 0.29) is 31.1 Å². The molecule has 1 heterocycles. The lowest BCUT2D eigenvalue weighted by Gasteiger charge is -2.16. The van der Waals surface area contributed by atoms with E-state index in [0.717, 1.165) is 11.1 Å². The third-order valence-corrected chi connectivity index (χ3v) is 6.04. The van der Waals surface area contributed by atoms with E-state index in [9.17, 15) is 14.7 Å². The molecule has 4 rings (SSSR count). The lowest BCUT2D eigenvalue weighted by Crippen LogP contribution is -2.27. The van der Waals surface area contributed by atoms with Crippen molar-refractivity contribution in [3.8, 4) is 5.75 Å². The van der Waals surface area contributed by atoms with Crippen LogP contribution in [-0.2, 0) is 34.1 Å². The number of carboxylic acids is 1. The Hall–Kier alpha value is -3.48. The second kappa shape index (κ2) is 10.6. The Morgan fingerprint density at radius 2 is 1.53 bits per heavy atom. The van der Waals surface area contributed by atoms with Gasteiger partial charge in [-0.2, -0.15) is 0 Å². The van der Waals surface area contributed by atoms with Gasteiger partial charge in [0.25, 0.3) is 5.91 Å². The SMILES string of the molecule is O=C(O)C1=C(OCc2ccc(OCc3c(Cl)cccc3Cl)cc2)C(=O)N(Cc2ccccc2)C1. The molecule has 0 bridgehead atoms. The molecule has 174 valence electrons. The van der Waals surface area contributed by atoms with Crippen molar-refractivity contribution in [2.45, 2.75) is 19.8 Å². The van der Waals surface area contributed by atoms with Crippen molar-refractivity contribution in [1.29, 1.82) is 0 Å². The lowest BCUT2D eigenvalue weighted by atomic mass is 10.2. The van der Waals surface area contributed by atoms with Crippen LogP contribution in [0.25, 0.3) is 0 Å². The summed E-state index contributed by atoms with van der Waals surface area (Å²) in [5.74, 6) is -1.12. The van der Waals surface area contributed by atoms with Crippen molar-refractivity contribution in [3.05, 3.63) is 111 Å². The molecule has 0 atom stereocenters. The number of carboxylic acid groups (broad SMARTS) is 1. The first-order valence-corrected chi connectivity index (χ1v) is 11.2. The largest absolute Gasteiger partial charge is 0.489 e. The van der Waals surface area contributed by atoms with Gasteiger partial charge in [-0.15, -0.1) is 0 Å². The van der Waals surface area contributed by atoms with Gasteiger partial charge in [0.2, 0.25) is 0 Å². The topological polar surface area (TPSA) is 76.1 Å². The molecular formula is C26H21Cl2NO5. The number of rotatable bonds is 9. The van der Waals surface area contributed by atoms with E-state index in [1.165, 1.54) is 4.90 Å². The van der Waals surface area contributed by atoms with Gasteiger partial charge in [-0.05, 0) is 35.4 Å². The second-order valence-electron chi connectivity index (χ2n) is 7.68. The highest BCUT2D eigenvalue weighted by Gasteiger charge is 2.35. The van der Waals surface area contributed by atoms with Crippen molar-refractivity contribution in [3.63, 3.8) is 0 Å². The number of ether oxygens (including phenoxy) is 2. The number of amides is 1. The number of hydrogen-bond donors (Lipinski definition) is 1. The van der Waals surface area contributed by atoms with Crippen molar-refractivity contribution >= 4 is 35.1 Å². The summed E-state index contributed by atoms with van der Waals surface area (Å²) >= 11 is 12.3. The van der Waals surface area contributed by atoms with E-state index in [4.69, 9.17) is 32.7 Å². The van der Waals surface area contributed by atoms with Gasteiger partial charge in [0.05, 0.1) is 6.54 Å². The normalized spacial score (nSPS) is 13.4. The first-order chi connectivity index (χ1) is 16.4. The summed E-state index contributed by atoms with van der Waals surface area (Å²) in [6.45, 7) is 0.573. The van der Waals surface area contributed by atoms with Crippen molar-refractivity contribution in [2.75, 3.05) is 6.54 Å². The van der Waals surface area contributed by atoms with Crippen LogP contribution in [0.1, 0.15) is 16.7 Å². The van der Waals surface area contributed by atoms with E-state index >= 15 is 0 Å². The van der Waals surface area contributed by atoms with Crippen molar-refractivity contribution < 1.29 is 24.2 Å². The third kappa shape index (κ3) is 5.53. The van der Waals surface area contributed by atoms with E-state index in [2.05, 4.69) is 0 Å². The number of benzene rings is 3. The summed E-state index contributed by atoms with van der Waals surface area (Å²) in [5.41, 5.74) is 2.33. The van der Waals surface area contributed by atoms with Gasteiger partial charge in [-0.3, -0.25) is 4.79 Å². The van der Waals surface area contributed by atoms with E-state index in [1.807, 2.05) is 30.3 Å². The Bertz CT molecular complexity index is 1210. The molecule has 1 aliphatic heterocycles. The Morgan fingerprint density at radius 3 is 2.18 bits per heavy atom. The highest BCUT2D eigenvalue weighted by molar-refractivity contribution is 6.35. The minimum Gasteiger partial charge on any atom is -0.489 e. The molecule has 0 fully saturated rings. The molecule has 1 amide bonds. The predicted octanol–water partition coefficient (Wildman–Crippen LogP) is 5.47. The minimum absolute atomic E-state index is 0.00419. The molecule has 0 saturated heterocycles. The van der Waals surface area contributed by atoms with Crippen LogP contribution in [0, 0.1) is 0 Å². The fraction of sp³-hybridized carbons (Fsp3) is 0.154. The smallest absolute Gasteiger partial charge is 0.337 e. The maximum absolute atomic E-state index is 12.8. The summed E-state index contributed by atoms with van der Waals surface area (Å²) in [6, 6.07) is 21.7. The predicted molar refractivity (Wildman–Crippen MR) is 129 cm³/mol. The zero-order chi connectivity index (χ0) is 24.1. The summed E-state index contributed by atoms with van der Waals surface area (Å²) in [4.78, 5) is 26.0. The monoisotopic (exact) mass is 497 g/mol. The summed E-state index contributed by atoms with van der Waals surface area (Å²) in [6.07, 6.45) is 0. The fourth-order valence-electron chi connectivity index (χ4n) is 3.52. The molecule has 0 unspecified atom stereocenters. The summed E-state index contributed by atoms with van der Waals surface area (Å²) in [5, 5.41) is 10.6. The average molecular weight is 498 g/mol. The van der Waals surface area contributed by atoms with Crippen LogP contribution in [-0.4, -0.2) is 28.4 Å². The molecule has 0 aliphatic carbocycles. The van der Waals surface area contributed by atoms with E-state index in [1.54, 1.807) is 42.5 Å². The number of carbonyl (C=O) groups is 2. The van der Waals surface area contributed by atoms with Crippen LogP contribution >= 0.6 is 23.2 Å². The third-order valence-electron chi connectivity index (χ3n) is 5.33. The van der Waals surface area contributed by atoms with Gasteiger partial charge >= 0.3 is 5.97 Å². The molecule has 8 heteroatoms. The molecule has 3 aromatic rings. The highest BCUT2D eigenvalue weighted by atomic mass is 35.5. The number of hydrogen-bond acceptors (Lipinski definition) is 4. The van der Waals surface area contributed by atoms with Crippen LogP contribution in [0.15, 0.2) is 84.1 Å². The van der Waals surface area contributed by atoms with Gasteiger partial charge in [0.1, 0.15) is 24.5 Å². The highest BCUT2D eigenvalue weighted by Crippen LogP contribution is 2.27. The summed E-state index contributed by atoms with van der Waals surface area (Å²) < 4.78 is 11.4. The van der Waals surface area contributed by atoms with E-state index in [0.29, 0.717) is 27.9 Å². The summed E-state index contributed by atoms with van der Waals surface area (Å²) in [7, 11) is 0. The zero-order valence-electron chi connectivity index (χ0n) is 18.0. The molecule has 0 spiro atoms. The fourth-order valence-corrected chi connectivity index (χ4v) is 4.02. The molecule has 3 aromatic carbocycles. The number of aliphatic carboxylic acids is 1. The van der Waals surface area contributed by atoms with Crippen molar-refractivity contribution in [2.24, 2.45) is 0 Å². The molecule has 0 aromatic heterocycles. The second-order valence-corrected chi connectivity index (χ2v) is 8.50. The minimum atomic E-state index is -1.17. The van der Waals surface area contributed by atoms with Crippen molar-refractivity contribution in [1.82, 2.24) is 4.90 Å². The average Bonchev–Trinajstić information content (AvgIpc) is 3.14.